The SMILES string of the molecule is COc1ccc(Cn2c(=O)c3cnn(C4CCCCO4)c3c3ccc(B4OC(C)(C)C(C)(C)O4)cc32)c(OC)c1. The van der Waals surface area contributed by atoms with Gasteiger partial charge in [0.05, 0.1) is 54.6 Å². The van der Waals surface area contributed by atoms with E-state index in [1.54, 1.807) is 25.0 Å². The van der Waals surface area contributed by atoms with Gasteiger partial charge in [-0.2, -0.15) is 5.10 Å². The molecule has 2 aromatic carbocycles. The fourth-order valence-corrected chi connectivity index (χ4v) is 5.58. The van der Waals surface area contributed by atoms with Gasteiger partial charge < -0.3 is 28.1 Å². The van der Waals surface area contributed by atoms with E-state index in [1.807, 2.05) is 68.8 Å². The monoisotopic (exact) mass is 545 g/mol. The van der Waals surface area contributed by atoms with Crippen LogP contribution < -0.4 is 20.5 Å². The zero-order valence-corrected chi connectivity index (χ0v) is 24.0. The maximum atomic E-state index is 14.1. The molecule has 2 fully saturated rings. The normalized spacial score (nSPS) is 20.4. The van der Waals surface area contributed by atoms with Gasteiger partial charge in [0.25, 0.3) is 5.56 Å². The van der Waals surface area contributed by atoms with Crippen molar-refractivity contribution in [1.29, 1.82) is 0 Å². The molecule has 0 amide bonds. The van der Waals surface area contributed by atoms with Crippen molar-refractivity contribution in [2.75, 3.05) is 20.8 Å². The second-order valence-corrected chi connectivity index (χ2v) is 11.6. The minimum atomic E-state index is -0.559. The predicted molar refractivity (Wildman–Crippen MR) is 155 cm³/mol. The lowest BCUT2D eigenvalue weighted by molar-refractivity contribution is -0.0365. The van der Waals surface area contributed by atoms with Crippen LogP contribution in [0.25, 0.3) is 21.8 Å². The summed E-state index contributed by atoms with van der Waals surface area (Å²) in [5, 5.41) is 6.12. The molecule has 210 valence electrons. The van der Waals surface area contributed by atoms with Crippen molar-refractivity contribution in [1.82, 2.24) is 14.3 Å². The molecule has 40 heavy (non-hydrogen) atoms. The van der Waals surface area contributed by atoms with Crippen LogP contribution in [-0.4, -0.2) is 53.5 Å². The lowest BCUT2D eigenvalue weighted by Gasteiger charge is -2.32. The zero-order chi connectivity index (χ0) is 28.2. The molecule has 0 spiro atoms. The van der Waals surface area contributed by atoms with E-state index in [9.17, 15) is 4.79 Å². The average Bonchev–Trinajstić information content (AvgIpc) is 3.49. The van der Waals surface area contributed by atoms with Crippen molar-refractivity contribution in [3.8, 4) is 11.5 Å². The molecule has 2 aromatic heterocycles. The van der Waals surface area contributed by atoms with Crippen LogP contribution in [0.4, 0.5) is 0 Å². The zero-order valence-electron chi connectivity index (χ0n) is 24.0. The van der Waals surface area contributed by atoms with Crippen LogP contribution in [0.1, 0.15) is 58.7 Å². The summed E-state index contributed by atoms with van der Waals surface area (Å²) in [4.78, 5) is 14.1. The van der Waals surface area contributed by atoms with Gasteiger partial charge in [0.1, 0.15) is 11.5 Å². The second kappa shape index (κ2) is 9.94. The number of aromatic nitrogens is 3. The Balaban J connectivity index is 1.55. The lowest BCUT2D eigenvalue weighted by atomic mass is 9.78. The summed E-state index contributed by atoms with van der Waals surface area (Å²) < 4.78 is 33.5. The third kappa shape index (κ3) is 4.38. The van der Waals surface area contributed by atoms with Gasteiger partial charge in [0.15, 0.2) is 6.23 Å². The molecule has 0 aliphatic carbocycles. The summed E-state index contributed by atoms with van der Waals surface area (Å²) in [6, 6.07) is 11.7. The van der Waals surface area contributed by atoms with Gasteiger partial charge in [-0.1, -0.05) is 12.1 Å². The van der Waals surface area contributed by atoms with Crippen molar-refractivity contribution in [3.05, 3.63) is 58.5 Å². The summed E-state index contributed by atoms with van der Waals surface area (Å²) in [6.45, 7) is 9.12. The molecule has 0 radical (unpaired) electrons. The number of methoxy groups -OCH3 is 2. The van der Waals surface area contributed by atoms with Crippen LogP contribution in [0.3, 0.4) is 0 Å². The molecule has 2 saturated heterocycles. The van der Waals surface area contributed by atoms with Gasteiger partial charge in [-0.15, -0.1) is 0 Å². The fourth-order valence-electron chi connectivity index (χ4n) is 5.58. The van der Waals surface area contributed by atoms with E-state index in [-0.39, 0.29) is 11.8 Å². The van der Waals surface area contributed by atoms with E-state index in [1.165, 1.54) is 0 Å². The van der Waals surface area contributed by atoms with Gasteiger partial charge in [0, 0.05) is 23.6 Å². The largest absolute Gasteiger partial charge is 0.497 e. The van der Waals surface area contributed by atoms with Crippen molar-refractivity contribution in [3.63, 3.8) is 0 Å². The molecule has 0 N–H and O–H groups in total. The highest BCUT2D eigenvalue weighted by atomic mass is 16.7. The summed E-state index contributed by atoms with van der Waals surface area (Å²) >= 11 is 0. The van der Waals surface area contributed by atoms with E-state index in [4.69, 9.17) is 23.5 Å². The van der Waals surface area contributed by atoms with E-state index >= 15 is 0 Å². The van der Waals surface area contributed by atoms with E-state index < -0.39 is 18.3 Å². The van der Waals surface area contributed by atoms with Crippen LogP contribution in [0, 0.1) is 0 Å². The maximum Gasteiger partial charge on any atom is 0.494 e. The smallest absolute Gasteiger partial charge is 0.494 e. The van der Waals surface area contributed by atoms with Gasteiger partial charge in [-0.3, -0.25) is 4.79 Å². The number of fused-ring (bicyclic) bond motifs is 3. The quantitative estimate of drug-likeness (QED) is 0.332. The van der Waals surface area contributed by atoms with Crippen LogP contribution in [0.5, 0.6) is 11.5 Å². The predicted octanol–water partition coefficient (Wildman–Crippen LogP) is 4.42. The Bertz CT molecular complexity index is 1620. The molecular formula is C30H36BN3O6. The minimum absolute atomic E-state index is 0.131. The van der Waals surface area contributed by atoms with Gasteiger partial charge >= 0.3 is 7.12 Å². The van der Waals surface area contributed by atoms with E-state index in [0.29, 0.717) is 30.0 Å². The minimum Gasteiger partial charge on any atom is -0.497 e. The summed E-state index contributed by atoms with van der Waals surface area (Å²) in [5.41, 5.74) is 2.15. The standard InChI is InChI=1S/C30H36BN3O6/c1-29(2)30(3,4)40-31(39-29)20-11-13-22-24(15-20)33(18-19-10-12-21(36-5)16-25(19)37-6)28(35)23-17-32-34(27(22)23)26-9-7-8-14-38-26/h10-13,15-17,26H,7-9,14,18H2,1-6H3. The molecule has 1 atom stereocenters. The Hall–Kier alpha value is -3.34. The fraction of sp³-hybridized carbons (Fsp3) is 0.467. The maximum absolute atomic E-state index is 14.1. The molecule has 4 aromatic rings. The van der Waals surface area contributed by atoms with Crippen molar-refractivity contribution in [2.24, 2.45) is 0 Å². The molecule has 9 nitrogen and oxygen atoms in total. The van der Waals surface area contributed by atoms with Crippen molar-refractivity contribution in [2.45, 2.75) is 70.9 Å². The molecule has 10 heteroatoms. The lowest BCUT2D eigenvalue weighted by Crippen LogP contribution is -2.41. The first-order valence-electron chi connectivity index (χ1n) is 13.9. The van der Waals surface area contributed by atoms with Gasteiger partial charge in [-0.25, -0.2) is 4.68 Å². The molecule has 2 aliphatic rings. The molecule has 4 heterocycles. The first kappa shape index (κ1) is 26.9. The number of ether oxygens (including phenoxy) is 3. The van der Waals surface area contributed by atoms with Gasteiger partial charge in [-0.05, 0) is 70.6 Å². The summed E-state index contributed by atoms with van der Waals surface area (Å²) in [7, 11) is 2.67. The Kier molecular flexibility index (Phi) is 6.68. The number of hydrogen-bond donors (Lipinski definition) is 0. The van der Waals surface area contributed by atoms with Crippen LogP contribution in [0.15, 0.2) is 47.4 Å². The van der Waals surface area contributed by atoms with Crippen molar-refractivity contribution < 1.29 is 23.5 Å². The first-order chi connectivity index (χ1) is 19.1. The molecule has 6 rings (SSSR count). The highest BCUT2D eigenvalue weighted by Crippen LogP contribution is 2.37. The molecule has 0 bridgehead atoms. The van der Waals surface area contributed by atoms with Crippen molar-refractivity contribution >= 4 is 34.4 Å². The second-order valence-electron chi connectivity index (χ2n) is 11.6. The molecular weight excluding hydrogens is 509 g/mol. The Morgan fingerprint density at radius 2 is 1.77 bits per heavy atom. The van der Waals surface area contributed by atoms with Gasteiger partial charge in [0.2, 0.25) is 0 Å². The topological polar surface area (TPSA) is 86.0 Å². The molecule has 0 saturated carbocycles. The first-order valence-corrected chi connectivity index (χ1v) is 13.9. The molecule has 2 aliphatic heterocycles. The summed E-state index contributed by atoms with van der Waals surface area (Å²) in [6.07, 6.45) is 4.42. The van der Waals surface area contributed by atoms with Crippen LogP contribution in [0.2, 0.25) is 0 Å². The average molecular weight is 545 g/mol. The van der Waals surface area contributed by atoms with E-state index in [0.717, 1.165) is 46.7 Å². The molecule has 1 unspecified atom stereocenters. The third-order valence-electron chi connectivity index (χ3n) is 8.62. The number of nitrogens with zero attached hydrogens (tertiary/aromatic N) is 3. The third-order valence-corrected chi connectivity index (χ3v) is 8.62. The van der Waals surface area contributed by atoms with E-state index in [2.05, 4.69) is 5.10 Å². The van der Waals surface area contributed by atoms with Crippen LogP contribution >= 0.6 is 0 Å². The highest BCUT2D eigenvalue weighted by Gasteiger charge is 2.51. The Morgan fingerprint density at radius 3 is 2.45 bits per heavy atom. The summed E-state index contributed by atoms with van der Waals surface area (Å²) in [5.74, 6) is 1.33. The number of rotatable bonds is 6. The van der Waals surface area contributed by atoms with Crippen LogP contribution in [-0.2, 0) is 20.6 Å². The highest BCUT2D eigenvalue weighted by molar-refractivity contribution is 6.62. The Morgan fingerprint density at radius 1 is 1.00 bits per heavy atom. The Labute approximate surface area is 234 Å². The number of hydrogen-bond acceptors (Lipinski definition) is 7. The number of pyridine rings is 1. The number of benzene rings is 2.